The van der Waals surface area contributed by atoms with Crippen molar-refractivity contribution in [2.75, 3.05) is 4.90 Å². The molecule has 0 saturated heterocycles. The Morgan fingerprint density at radius 2 is 1.69 bits per heavy atom. The average molecular weight is 480 g/mol. The zero-order valence-electron chi connectivity index (χ0n) is 19.7. The van der Waals surface area contributed by atoms with Gasteiger partial charge in [-0.3, -0.25) is 14.5 Å². The van der Waals surface area contributed by atoms with E-state index in [2.05, 4.69) is 15.6 Å². The number of rotatable bonds is 8. The van der Waals surface area contributed by atoms with Gasteiger partial charge in [-0.1, -0.05) is 65.4 Å². The second kappa shape index (κ2) is 10.3. The van der Waals surface area contributed by atoms with Gasteiger partial charge in [0.1, 0.15) is 23.9 Å². The average Bonchev–Trinajstić information content (AvgIpc) is 3.57. The van der Waals surface area contributed by atoms with Crippen LogP contribution in [-0.2, 0) is 22.7 Å². The topological polar surface area (TPSA) is 93.3 Å². The summed E-state index contributed by atoms with van der Waals surface area (Å²) in [7, 11) is 0. The van der Waals surface area contributed by atoms with Crippen molar-refractivity contribution in [3.05, 3.63) is 114 Å². The Morgan fingerprint density at radius 1 is 0.944 bits per heavy atom. The van der Waals surface area contributed by atoms with Gasteiger partial charge in [-0.25, -0.2) is 4.68 Å². The number of fused-ring (bicyclic) bond motifs is 1. The molecular weight excluding hydrogens is 454 g/mol. The molecule has 0 saturated carbocycles. The molecule has 2 amide bonds. The normalized spacial score (nSPS) is 11.8. The molecule has 0 aliphatic heterocycles. The van der Waals surface area contributed by atoms with Crippen LogP contribution in [0, 0.1) is 6.92 Å². The largest absolute Gasteiger partial charge is 0.467 e. The number of aromatic nitrogens is 3. The van der Waals surface area contributed by atoms with Crippen molar-refractivity contribution in [1.82, 2.24) is 20.3 Å². The minimum absolute atomic E-state index is 0.0802. The highest BCUT2D eigenvalue weighted by Gasteiger charge is 2.33. The van der Waals surface area contributed by atoms with Crippen molar-refractivity contribution in [2.24, 2.45) is 0 Å². The molecule has 0 bridgehead atoms. The molecular formula is C28H25N5O3. The van der Waals surface area contributed by atoms with Gasteiger partial charge in [0.2, 0.25) is 11.8 Å². The molecule has 8 nitrogen and oxygen atoms in total. The summed E-state index contributed by atoms with van der Waals surface area (Å²) >= 11 is 0. The summed E-state index contributed by atoms with van der Waals surface area (Å²) in [4.78, 5) is 29.1. The number of anilines is 1. The minimum atomic E-state index is -0.911. The lowest BCUT2D eigenvalue weighted by Gasteiger charge is -2.31. The van der Waals surface area contributed by atoms with E-state index in [9.17, 15) is 9.59 Å². The van der Waals surface area contributed by atoms with E-state index in [1.807, 2.05) is 85.8 Å². The number of benzene rings is 3. The summed E-state index contributed by atoms with van der Waals surface area (Å²) in [6.07, 6.45) is 1.56. The highest BCUT2D eigenvalue weighted by atomic mass is 16.3. The van der Waals surface area contributed by atoms with E-state index in [0.717, 1.165) is 11.1 Å². The van der Waals surface area contributed by atoms with Crippen LogP contribution >= 0.6 is 0 Å². The maximum absolute atomic E-state index is 13.9. The number of hydrogen-bond donors (Lipinski definition) is 1. The Hall–Kier alpha value is -4.72. The highest BCUT2D eigenvalue weighted by Crippen LogP contribution is 2.29. The summed E-state index contributed by atoms with van der Waals surface area (Å²) in [6, 6.07) is 26.9. The van der Waals surface area contributed by atoms with E-state index >= 15 is 0 Å². The molecule has 5 aromatic rings. The molecule has 1 atom stereocenters. The lowest BCUT2D eigenvalue weighted by atomic mass is 10.0. The molecule has 36 heavy (non-hydrogen) atoms. The molecule has 0 radical (unpaired) electrons. The number of para-hydroxylation sites is 1. The zero-order valence-corrected chi connectivity index (χ0v) is 19.7. The first-order chi connectivity index (χ1) is 17.6. The van der Waals surface area contributed by atoms with Gasteiger partial charge < -0.3 is 9.73 Å². The van der Waals surface area contributed by atoms with Gasteiger partial charge in [0.15, 0.2) is 0 Å². The van der Waals surface area contributed by atoms with Gasteiger partial charge >= 0.3 is 0 Å². The van der Waals surface area contributed by atoms with Crippen LogP contribution in [0.3, 0.4) is 0 Å². The quantitative estimate of drug-likeness (QED) is 0.356. The molecule has 0 aliphatic carbocycles. The molecule has 1 N–H and O–H groups in total. The predicted molar refractivity (Wildman–Crippen MR) is 136 cm³/mol. The van der Waals surface area contributed by atoms with Crippen LogP contribution in [0.5, 0.6) is 0 Å². The molecule has 180 valence electrons. The molecule has 8 heteroatoms. The first kappa shape index (κ1) is 23.0. The van der Waals surface area contributed by atoms with Gasteiger partial charge in [0, 0.05) is 5.69 Å². The van der Waals surface area contributed by atoms with E-state index in [-0.39, 0.29) is 24.9 Å². The number of nitrogens with zero attached hydrogens (tertiary/aromatic N) is 4. The fraction of sp³-hybridized carbons (Fsp3) is 0.143. The van der Waals surface area contributed by atoms with Gasteiger partial charge in [0.05, 0.1) is 18.3 Å². The maximum Gasteiger partial charge on any atom is 0.249 e. The maximum atomic E-state index is 13.9. The third kappa shape index (κ3) is 4.88. The lowest BCUT2D eigenvalue weighted by Crippen LogP contribution is -2.45. The van der Waals surface area contributed by atoms with Crippen molar-refractivity contribution < 1.29 is 14.0 Å². The summed E-state index contributed by atoms with van der Waals surface area (Å²) in [6.45, 7) is 2.10. The predicted octanol–water partition coefficient (Wildman–Crippen LogP) is 4.42. The van der Waals surface area contributed by atoms with Crippen LogP contribution in [0.15, 0.2) is 102 Å². The van der Waals surface area contributed by atoms with Crippen LogP contribution in [0.4, 0.5) is 5.69 Å². The first-order valence-electron chi connectivity index (χ1n) is 11.6. The van der Waals surface area contributed by atoms with E-state index in [1.54, 1.807) is 23.1 Å². The number of carbonyl (C=O) groups is 2. The number of nitrogens with one attached hydrogen (secondary N) is 1. The highest BCUT2D eigenvalue weighted by molar-refractivity contribution is 6.01. The van der Waals surface area contributed by atoms with Crippen molar-refractivity contribution in [2.45, 2.75) is 26.1 Å². The van der Waals surface area contributed by atoms with Crippen LogP contribution < -0.4 is 10.2 Å². The number of carbonyl (C=O) groups excluding carboxylic acids is 2. The number of aryl methyl sites for hydroxylation is 1. The standard InChI is InChI=1S/C28H25N5O3/c1-20-13-15-22(16-14-20)33(26(34)19-32-25-12-6-5-11-24(25)30-31-32)27(21-8-3-2-4-9-21)28(35)29-18-23-10-7-17-36-23/h2-17,27H,18-19H2,1H3,(H,29,35)/t27-/m0/s1. The van der Waals surface area contributed by atoms with Gasteiger partial charge in [0.25, 0.3) is 0 Å². The molecule has 2 aromatic heterocycles. The fourth-order valence-corrected chi connectivity index (χ4v) is 4.12. The Kier molecular flexibility index (Phi) is 6.57. The Bertz CT molecular complexity index is 1460. The van der Waals surface area contributed by atoms with Gasteiger partial charge in [-0.2, -0.15) is 0 Å². The van der Waals surface area contributed by atoms with Crippen LogP contribution in [0.2, 0.25) is 0 Å². The minimum Gasteiger partial charge on any atom is -0.467 e. The third-order valence-electron chi connectivity index (χ3n) is 5.92. The molecule has 3 aromatic carbocycles. The van der Waals surface area contributed by atoms with Crippen molar-refractivity contribution in [1.29, 1.82) is 0 Å². The van der Waals surface area contributed by atoms with E-state index in [0.29, 0.717) is 22.5 Å². The Balaban J connectivity index is 1.54. The Morgan fingerprint density at radius 3 is 2.44 bits per heavy atom. The fourth-order valence-electron chi connectivity index (χ4n) is 4.12. The molecule has 2 heterocycles. The number of amides is 2. The second-order valence-corrected chi connectivity index (χ2v) is 8.45. The summed E-state index contributed by atoms with van der Waals surface area (Å²) in [5.74, 6) is 0.00365. The SMILES string of the molecule is Cc1ccc(N(C(=O)Cn2nnc3ccccc32)[C@H](C(=O)NCc2ccco2)c2ccccc2)cc1. The van der Waals surface area contributed by atoms with Gasteiger partial charge in [-0.15, -0.1) is 5.10 Å². The smallest absolute Gasteiger partial charge is 0.249 e. The first-order valence-corrected chi connectivity index (χ1v) is 11.6. The van der Waals surface area contributed by atoms with E-state index < -0.39 is 6.04 Å². The summed E-state index contributed by atoms with van der Waals surface area (Å²) < 4.78 is 6.93. The van der Waals surface area contributed by atoms with Crippen molar-refractivity contribution in [3.63, 3.8) is 0 Å². The van der Waals surface area contributed by atoms with Crippen molar-refractivity contribution >= 4 is 28.5 Å². The molecule has 0 fully saturated rings. The molecule has 5 rings (SSSR count). The second-order valence-electron chi connectivity index (χ2n) is 8.45. The van der Waals surface area contributed by atoms with Gasteiger partial charge in [-0.05, 0) is 48.9 Å². The summed E-state index contributed by atoms with van der Waals surface area (Å²) in [5, 5.41) is 11.3. The molecule has 0 spiro atoms. The van der Waals surface area contributed by atoms with E-state index in [4.69, 9.17) is 4.42 Å². The number of hydrogen-bond acceptors (Lipinski definition) is 5. The monoisotopic (exact) mass is 479 g/mol. The van der Waals surface area contributed by atoms with Crippen LogP contribution in [0.25, 0.3) is 11.0 Å². The molecule has 0 unspecified atom stereocenters. The number of furan rings is 1. The zero-order chi connectivity index (χ0) is 24.9. The lowest BCUT2D eigenvalue weighted by molar-refractivity contribution is -0.127. The summed E-state index contributed by atoms with van der Waals surface area (Å²) in [5.41, 5.74) is 3.78. The Labute approximate surface area is 208 Å². The molecule has 0 aliphatic rings. The van der Waals surface area contributed by atoms with E-state index in [1.165, 1.54) is 4.90 Å². The van der Waals surface area contributed by atoms with Crippen LogP contribution in [-0.4, -0.2) is 26.8 Å². The van der Waals surface area contributed by atoms with Crippen molar-refractivity contribution in [3.8, 4) is 0 Å². The van der Waals surface area contributed by atoms with Crippen LogP contribution in [0.1, 0.15) is 22.9 Å². The third-order valence-corrected chi connectivity index (χ3v) is 5.92.